The van der Waals surface area contributed by atoms with Crippen LogP contribution in [0, 0.1) is 0 Å². The van der Waals surface area contributed by atoms with E-state index in [0.717, 1.165) is 17.6 Å². The van der Waals surface area contributed by atoms with Crippen molar-refractivity contribution in [1.29, 1.82) is 0 Å². The summed E-state index contributed by atoms with van der Waals surface area (Å²) in [6, 6.07) is 7.77. The van der Waals surface area contributed by atoms with Gasteiger partial charge in [-0.3, -0.25) is 14.7 Å². The number of benzene rings is 1. The Kier molecular flexibility index (Phi) is 6.01. The second-order valence-corrected chi connectivity index (χ2v) is 8.17. The molecule has 1 aromatic heterocycles. The van der Waals surface area contributed by atoms with Gasteiger partial charge in [0.25, 0.3) is 0 Å². The molecule has 0 radical (unpaired) electrons. The molecule has 5 nitrogen and oxygen atoms in total. The molecule has 2 aromatic rings. The summed E-state index contributed by atoms with van der Waals surface area (Å²) in [5.74, 6) is -0.0445. The lowest BCUT2D eigenvalue weighted by atomic mass is 9.79. The highest BCUT2D eigenvalue weighted by Crippen LogP contribution is 2.35. The van der Waals surface area contributed by atoms with Crippen molar-refractivity contribution in [3.05, 3.63) is 42.2 Å². The quantitative estimate of drug-likeness (QED) is 0.801. The van der Waals surface area contributed by atoms with Crippen LogP contribution in [0.3, 0.4) is 0 Å². The van der Waals surface area contributed by atoms with Crippen molar-refractivity contribution in [2.45, 2.75) is 56.9 Å². The average Bonchev–Trinajstić information content (AvgIpc) is 2.77. The van der Waals surface area contributed by atoms with Gasteiger partial charge >= 0.3 is 0 Å². The molecule has 0 unspecified atom stereocenters. The highest BCUT2D eigenvalue weighted by atomic mass is 16.1. The van der Waals surface area contributed by atoms with Crippen LogP contribution >= 0.6 is 0 Å². The van der Waals surface area contributed by atoms with E-state index >= 15 is 0 Å². The van der Waals surface area contributed by atoms with Crippen molar-refractivity contribution in [2.24, 2.45) is 0 Å². The Bertz CT molecular complexity index is 835. The van der Waals surface area contributed by atoms with Gasteiger partial charge in [-0.1, -0.05) is 37.8 Å². The van der Waals surface area contributed by atoms with Crippen molar-refractivity contribution in [1.82, 2.24) is 20.2 Å². The SMILES string of the molecule is O=C(/C=C/c1cnc2ccccc2n1)NCC1(N2CCCCC2)CCCCC1. The number of fused-ring (bicyclic) bond motifs is 1. The first-order chi connectivity index (χ1) is 13.8. The fraction of sp³-hybridized carbons (Fsp3) is 0.522. The first kappa shape index (κ1) is 19.1. The summed E-state index contributed by atoms with van der Waals surface area (Å²) < 4.78 is 0. The second kappa shape index (κ2) is 8.82. The Labute approximate surface area is 167 Å². The fourth-order valence-electron chi connectivity index (χ4n) is 4.71. The van der Waals surface area contributed by atoms with Crippen LogP contribution in [0.25, 0.3) is 17.1 Å². The number of rotatable bonds is 5. The lowest BCUT2D eigenvalue weighted by Gasteiger charge is -2.48. The second-order valence-electron chi connectivity index (χ2n) is 8.17. The highest BCUT2D eigenvalue weighted by Gasteiger charge is 2.38. The highest BCUT2D eigenvalue weighted by molar-refractivity contribution is 5.91. The molecule has 0 atom stereocenters. The van der Waals surface area contributed by atoms with E-state index in [-0.39, 0.29) is 11.4 Å². The molecule has 1 saturated carbocycles. The number of para-hydroxylation sites is 2. The number of hydrogen-bond acceptors (Lipinski definition) is 4. The van der Waals surface area contributed by atoms with Gasteiger partial charge in [0.1, 0.15) is 0 Å². The Balaban J connectivity index is 1.39. The zero-order chi connectivity index (χ0) is 19.2. The Morgan fingerprint density at radius 1 is 1.04 bits per heavy atom. The smallest absolute Gasteiger partial charge is 0.244 e. The van der Waals surface area contributed by atoms with Crippen LogP contribution in [0.4, 0.5) is 0 Å². The van der Waals surface area contributed by atoms with E-state index in [2.05, 4.69) is 20.2 Å². The summed E-state index contributed by atoms with van der Waals surface area (Å²) in [5, 5.41) is 3.18. The molecule has 2 heterocycles. The van der Waals surface area contributed by atoms with E-state index in [4.69, 9.17) is 0 Å². The number of carbonyl (C=O) groups excluding carboxylic acids is 1. The maximum Gasteiger partial charge on any atom is 0.244 e. The molecule has 1 N–H and O–H groups in total. The molecule has 5 heteroatoms. The lowest BCUT2D eigenvalue weighted by molar-refractivity contribution is -0.117. The molecule has 0 spiro atoms. The van der Waals surface area contributed by atoms with Gasteiger partial charge in [0.05, 0.1) is 22.9 Å². The number of amides is 1. The first-order valence-electron chi connectivity index (χ1n) is 10.7. The molecule has 2 aliphatic rings. The largest absolute Gasteiger partial charge is 0.351 e. The Hall–Kier alpha value is -2.27. The van der Waals surface area contributed by atoms with Gasteiger partial charge in [-0.05, 0) is 57.0 Å². The zero-order valence-corrected chi connectivity index (χ0v) is 16.6. The standard InChI is InChI=1S/C23H30N4O/c28-22(12-11-19-17-24-20-9-3-4-10-21(20)26-19)25-18-23(13-5-1-6-14-23)27-15-7-2-8-16-27/h3-4,9-12,17H,1-2,5-8,13-16,18H2,(H,25,28)/b12-11+. The normalized spacial score (nSPS) is 20.4. The summed E-state index contributed by atoms with van der Waals surface area (Å²) in [4.78, 5) is 24.1. The van der Waals surface area contributed by atoms with Crippen molar-refractivity contribution in [3.63, 3.8) is 0 Å². The van der Waals surface area contributed by atoms with Crippen LogP contribution in [0.5, 0.6) is 0 Å². The summed E-state index contributed by atoms with van der Waals surface area (Å²) in [6.45, 7) is 3.11. The number of carbonyl (C=O) groups is 1. The minimum atomic E-state index is -0.0445. The molecule has 2 fully saturated rings. The average molecular weight is 379 g/mol. The van der Waals surface area contributed by atoms with Crippen molar-refractivity contribution < 1.29 is 4.79 Å². The van der Waals surface area contributed by atoms with Crippen LogP contribution in [-0.2, 0) is 4.79 Å². The molecule has 1 aliphatic heterocycles. The van der Waals surface area contributed by atoms with Crippen LogP contribution in [-0.4, -0.2) is 45.9 Å². The molecule has 148 valence electrons. The number of nitrogens with one attached hydrogen (secondary N) is 1. The molecule has 28 heavy (non-hydrogen) atoms. The third kappa shape index (κ3) is 4.41. The van der Waals surface area contributed by atoms with Crippen LogP contribution in [0.1, 0.15) is 57.1 Å². The van der Waals surface area contributed by atoms with Gasteiger partial charge in [-0.2, -0.15) is 0 Å². The molecular formula is C23H30N4O. The number of piperidine rings is 1. The number of nitrogens with zero attached hydrogens (tertiary/aromatic N) is 3. The van der Waals surface area contributed by atoms with Crippen molar-refractivity contribution in [2.75, 3.05) is 19.6 Å². The molecule has 1 aliphatic carbocycles. The van der Waals surface area contributed by atoms with E-state index in [1.807, 2.05) is 24.3 Å². The minimum absolute atomic E-state index is 0.0445. The van der Waals surface area contributed by atoms with Gasteiger partial charge in [0.15, 0.2) is 0 Å². The maximum absolute atomic E-state index is 12.5. The fourth-order valence-corrected chi connectivity index (χ4v) is 4.71. The number of hydrogen-bond donors (Lipinski definition) is 1. The predicted molar refractivity (Wildman–Crippen MR) is 113 cm³/mol. The third-order valence-electron chi connectivity index (χ3n) is 6.28. The van der Waals surface area contributed by atoms with Gasteiger partial charge in [0, 0.05) is 18.2 Å². The minimum Gasteiger partial charge on any atom is -0.351 e. The maximum atomic E-state index is 12.5. The lowest BCUT2D eigenvalue weighted by Crippen LogP contribution is -2.58. The van der Waals surface area contributed by atoms with E-state index < -0.39 is 0 Å². The molecule has 0 bridgehead atoms. The summed E-state index contributed by atoms with van der Waals surface area (Å²) in [6.07, 6.45) is 15.2. The molecule has 4 rings (SSSR count). The zero-order valence-electron chi connectivity index (χ0n) is 16.6. The van der Waals surface area contributed by atoms with Gasteiger partial charge < -0.3 is 5.32 Å². The number of aromatic nitrogens is 2. The third-order valence-corrected chi connectivity index (χ3v) is 6.28. The van der Waals surface area contributed by atoms with Crippen molar-refractivity contribution in [3.8, 4) is 0 Å². The topological polar surface area (TPSA) is 58.1 Å². The van der Waals surface area contributed by atoms with Crippen LogP contribution in [0.15, 0.2) is 36.5 Å². The van der Waals surface area contributed by atoms with Gasteiger partial charge in [-0.15, -0.1) is 0 Å². The van der Waals surface area contributed by atoms with Crippen molar-refractivity contribution >= 4 is 23.0 Å². The van der Waals surface area contributed by atoms with Gasteiger partial charge in [-0.25, -0.2) is 4.98 Å². The Morgan fingerprint density at radius 3 is 2.54 bits per heavy atom. The molecule has 1 saturated heterocycles. The first-order valence-corrected chi connectivity index (χ1v) is 10.7. The Morgan fingerprint density at radius 2 is 1.75 bits per heavy atom. The predicted octanol–water partition coefficient (Wildman–Crippen LogP) is 3.95. The number of likely N-dealkylation sites (tertiary alicyclic amines) is 1. The molecule has 1 aromatic carbocycles. The van der Waals surface area contributed by atoms with E-state index in [0.29, 0.717) is 5.69 Å². The van der Waals surface area contributed by atoms with Crippen LogP contribution < -0.4 is 5.32 Å². The van der Waals surface area contributed by atoms with E-state index in [1.54, 1.807) is 18.3 Å². The van der Waals surface area contributed by atoms with Crippen LogP contribution in [0.2, 0.25) is 0 Å². The van der Waals surface area contributed by atoms with E-state index in [1.165, 1.54) is 64.5 Å². The van der Waals surface area contributed by atoms with Gasteiger partial charge in [0.2, 0.25) is 5.91 Å². The summed E-state index contributed by atoms with van der Waals surface area (Å²) in [5.41, 5.74) is 2.57. The molecule has 1 amide bonds. The van der Waals surface area contributed by atoms with E-state index in [9.17, 15) is 4.79 Å². The monoisotopic (exact) mass is 378 g/mol. The summed E-state index contributed by atoms with van der Waals surface area (Å²) >= 11 is 0. The molecular weight excluding hydrogens is 348 g/mol. The summed E-state index contributed by atoms with van der Waals surface area (Å²) in [7, 11) is 0.